The first-order valence-corrected chi connectivity index (χ1v) is 8.24. The molecule has 0 radical (unpaired) electrons. The fraction of sp³-hybridized carbons (Fsp3) is 0.571. The lowest BCUT2D eigenvalue weighted by atomic mass is 10.1. The van der Waals surface area contributed by atoms with Crippen LogP contribution in [0.1, 0.15) is 32.8 Å². The van der Waals surface area contributed by atoms with Gasteiger partial charge in [0, 0.05) is 12.1 Å². The minimum absolute atomic E-state index is 0.120. The first-order valence-electron chi connectivity index (χ1n) is 6.47. The molecule has 1 aromatic rings. The molecule has 1 atom stereocenters. The lowest BCUT2D eigenvalue weighted by molar-refractivity contribution is 0.144. The Kier molecular flexibility index (Phi) is 3.96. The molecule has 0 saturated carbocycles. The Morgan fingerprint density at radius 1 is 1.28 bits per heavy atom. The fourth-order valence-corrected chi connectivity index (χ4v) is 5.23. The van der Waals surface area contributed by atoms with Crippen LogP contribution in [0.4, 0.5) is 0 Å². The van der Waals surface area contributed by atoms with E-state index in [1.54, 1.807) is 0 Å². The van der Waals surface area contributed by atoms with Gasteiger partial charge < -0.3 is 4.52 Å². The van der Waals surface area contributed by atoms with Gasteiger partial charge in [-0.2, -0.15) is 0 Å². The Labute approximate surface area is 110 Å². The molecular formula is C14H22NO2P. The fourth-order valence-electron chi connectivity index (χ4n) is 2.38. The second-order valence-electron chi connectivity index (χ2n) is 5.76. The third-order valence-corrected chi connectivity index (χ3v) is 6.06. The lowest BCUT2D eigenvalue weighted by Gasteiger charge is -2.43. The largest absolute Gasteiger partial charge is 0.317 e. The van der Waals surface area contributed by atoms with Crippen molar-refractivity contribution < 1.29 is 9.09 Å². The molecule has 4 heteroatoms. The SMILES string of the molecule is CC(C)(C)N1CCCOP1(=O)Cc1ccccc1. The van der Waals surface area contributed by atoms with Crippen LogP contribution in [0.3, 0.4) is 0 Å². The zero-order chi connectivity index (χ0) is 13.2. The average molecular weight is 267 g/mol. The van der Waals surface area contributed by atoms with Gasteiger partial charge in [-0.15, -0.1) is 0 Å². The van der Waals surface area contributed by atoms with Gasteiger partial charge in [0.1, 0.15) is 0 Å². The van der Waals surface area contributed by atoms with Crippen LogP contribution in [0.25, 0.3) is 0 Å². The molecule has 0 bridgehead atoms. The maximum Gasteiger partial charge on any atom is 0.277 e. The smallest absolute Gasteiger partial charge is 0.277 e. The van der Waals surface area contributed by atoms with Gasteiger partial charge >= 0.3 is 0 Å². The highest BCUT2D eigenvalue weighted by molar-refractivity contribution is 7.55. The second-order valence-corrected chi connectivity index (χ2v) is 8.09. The predicted octanol–water partition coefficient (Wildman–Crippen LogP) is 3.90. The quantitative estimate of drug-likeness (QED) is 0.761. The average Bonchev–Trinajstić information content (AvgIpc) is 2.28. The summed E-state index contributed by atoms with van der Waals surface area (Å²) in [6.45, 7) is 7.75. The zero-order valence-electron chi connectivity index (χ0n) is 11.4. The number of hydrogen-bond acceptors (Lipinski definition) is 2. The summed E-state index contributed by atoms with van der Waals surface area (Å²) in [5.41, 5.74) is 0.960. The van der Waals surface area contributed by atoms with E-state index in [-0.39, 0.29) is 5.54 Å². The van der Waals surface area contributed by atoms with Crippen molar-refractivity contribution in [2.75, 3.05) is 13.2 Å². The number of hydrogen-bond donors (Lipinski definition) is 0. The predicted molar refractivity (Wildman–Crippen MR) is 74.8 cm³/mol. The summed E-state index contributed by atoms with van der Waals surface area (Å²) in [5.74, 6) is 0. The molecule has 0 spiro atoms. The highest BCUT2D eigenvalue weighted by Gasteiger charge is 2.41. The minimum atomic E-state index is -2.73. The van der Waals surface area contributed by atoms with E-state index in [1.807, 2.05) is 30.3 Å². The molecule has 0 aromatic heterocycles. The van der Waals surface area contributed by atoms with Crippen molar-refractivity contribution in [3.8, 4) is 0 Å². The van der Waals surface area contributed by atoms with Gasteiger partial charge in [0.2, 0.25) is 0 Å². The maximum atomic E-state index is 13.1. The third-order valence-electron chi connectivity index (χ3n) is 3.17. The van der Waals surface area contributed by atoms with E-state index in [2.05, 4.69) is 25.4 Å². The van der Waals surface area contributed by atoms with Gasteiger partial charge in [0.25, 0.3) is 7.52 Å². The molecule has 1 unspecified atom stereocenters. The zero-order valence-corrected chi connectivity index (χ0v) is 12.3. The van der Waals surface area contributed by atoms with Gasteiger partial charge in [0.15, 0.2) is 0 Å². The van der Waals surface area contributed by atoms with Gasteiger partial charge in [-0.25, -0.2) is 4.67 Å². The molecule has 100 valence electrons. The van der Waals surface area contributed by atoms with Crippen molar-refractivity contribution in [1.82, 2.24) is 4.67 Å². The maximum absolute atomic E-state index is 13.1. The van der Waals surface area contributed by atoms with Crippen molar-refractivity contribution in [2.24, 2.45) is 0 Å². The Morgan fingerprint density at radius 2 is 1.94 bits per heavy atom. The molecule has 1 saturated heterocycles. The lowest BCUT2D eigenvalue weighted by Crippen LogP contribution is -2.42. The Bertz CT molecular complexity index is 439. The molecule has 1 fully saturated rings. The highest BCUT2D eigenvalue weighted by Crippen LogP contribution is 2.58. The number of benzene rings is 1. The standard InChI is InChI=1S/C14H22NO2P/c1-14(2,3)15-10-7-11-17-18(15,16)12-13-8-5-4-6-9-13/h4-6,8-9H,7,10-12H2,1-3H3. The van der Waals surface area contributed by atoms with Crippen LogP contribution < -0.4 is 0 Å². The van der Waals surface area contributed by atoms with Crippen LogP contribution >= 0.6 is 7.52 Å². The van der Waals surface area contributed by atoms with Crippen molar-refractivity contribution in [3.63, 3.8) is 0 Å². The van der Waals surface area contributed by atoms with Crippen molar-refractivity contribution >= 4 is 7.52 Å². The summed E-state index contributed by atoms with van der Waals surface area (Å²) in [7, 11) is -2.73. The van der Waals surface area contributed by atoms with Gasteiger partial charge in [-0.1, -0.05) is 30.3 Å². The summed E-state index contributed by atoms with van der Waals surface area (Å²) in [6.07, 6.45) is 1.46. The number of nitrogens with zero attached hydrogens (tertiary/aromatic N) is 1. The Morgan fingerprint density at radius 3 is 2.56 bits per heavy atom. The molecule has 3 nitrogen and oxygen atoms in total. The molecule has 0 amide bonds. The van der Waals surface area contributed by atoms with E-state index in [0.717, 1.165) is 18.5 Å². The first-order chi connectivity index (χ1) is 8.42. The molecule has 1 aliphatic heterocycles. The van der Waals surface area contributed by atoms with Crippen molar-refractivity contribution in [3.05, 3.63) is 35.9 Å². The van der Waals surface area contributed by atoms with Gasteiger partial charge in [-0.3, -0.25) is 4.57 Å². The molecular weight excluding hydrogens is 245 g/mol. The van der Waals surface area contributed by atoms with E-state index in [9.17, 15) is 4.57 Å². The van der Waals surface area contributed by atoms with Crippen molar-refractivity contribution in [1.29, 1.82) is 0 Å². The van der Waals surface area contributed by atoms with Gasteiger partial charge in [0.05, 0.1) is 12.8 Å². The summed E-state index contributed by atoms with van der Waals surface area (Å²) in [6, 6.07) is 9.96. The molecule has 0 N–H and O–H groups in total. The monoisotopic (exact) mass is 267 g/mol. The summed E-state index contributed by atoms with van der Waals surface area (Å²) >= 11 is 0. The first kappa shape index (κ1) is 13.8. The van der Waals surface area contributed by atoms with E-state index in [4.69, 9.17) is 4.52 Å². The van der Waals surface area contributed by atoms with Crippen molar-refractivity contribution in [2.45, 2.75) is 38.9 Å². The molecule has 1 aromatic carbocycles. The van der Waals surface area contributed by atoms with Crippen LogP contribution in [0.5, 0.6) is 0 Å². The summed E-state index contributed by atoms with van der Waals surface area (Å²) < 4.78 is 20.8. The molecule has 2 rings (SSSR count). The topological polar surface area (TPSA) is 29.5 Å². The normalized spacial score (nSPS) is 26.2. The third kappa shape index (κ3) is 3.03. The summed E-state index contributed by atoms with van der Waals surface area (Å²) in [5, 5.41) is 0. The van der Waals surface area contributed by atoms with Crippen LogP contribution in [0, 0.1) is 0 Å². The van der Waals surface area contributed by atoms with Gasteiger partial charge in [-0.05, 0) is 32.8 Å². The Balaban J connectivity index is 2.24. The van der Waals surface area contributed by atoms with Crippen LogP contribution in [-0.2, 0) is 15.3 Å². The van der Waals surface area contributed by atoms with E-state index in [0.29, 0.717) is 12.8 Å². The molecule has 1 aliphatic rings. The number of rotatable bonds is 2. The van der Waals surface area contributed by atoms with E-state index in [1.165, 1.54) is 0 Å². The molecule has 18 heavy (non-hydrogen) atoms. The van der Waals surface area contributed by atoms with Crippen LogP contribution in [0.15, 0.2) is 30.3 Å². The van der Waals surface area contributed by atoms with E-state index >= 15 is 0 Å². The summed E-state index contributed by atoms with van der Waals surface area (Å²) in [4.78, 5) is 0. The molecule has 0 aliphatic carbocycles. The minimum Gasteiger partial charge on any atom is -0.317 e. The van der Waals surface area contributed by atoms with Crippen LogP contribution in [-0.4, -0.2) is 23.4 Å². The molecule has 1 heterocycles. The second kappa shape index (κ2) is 5.16. The Hall–Kier alpha value is -0.630. The van der Waals surface area contributed by atoms with Crippen LogP contribution in [0.2, 0.25) is 0 Å². The van der Waals surface area contributed by atoms with E-state index < -0.39 is 7.52 Å². The highest BCUT2D eigenvalue weighted by atomic mass is 31.2.